The molecule has 1 fully saturated rings. The molecule has 1 aliphatic rings. The van der Waals surface area contributed by atoms with Crippen LogP contribution in [0.3, 0.4) is 0 Å². The van der Waals surface area contributed by atoms with Crippen molar-refractivity contribution in [3.8, 4) is 0 Å². The van der Waals surface area contributed by atoms with E-state index in [0.717, 1.165) is 25.3 Å². The van der Waals surface area contributed by atoms with Gasteiger partial charge < -0.3 is 10.2 Å². The lowest BCUT2D eigenvalue weighted by atomic mass is 10.1. The Hall–Kier alpha value is -1.49. The fourth-order valence-electron chi connectivity index (χ4n) is 2.08. The first-order valence-electron chi connectivity index (χ1n) is 6.86. The van der Waals surface area contributed by atoms with Crippen LogP contribution < -0.4 is 5.32 Å². The summed E-state index contributed by atoms with van der Waals surface area (Å²) in [5, 5.41) is 2.87. The molecule has 1 aromatic rings. The Labute approximate surface area is 123 Å². The van der Waals surface area contributed by atoms with Gasteiger partial charge in [-0.25, -0.2) is 0 Å². The van der Waals surface area contributed by atoms with Crippen molar-refractivity contribution >= 4 is 23.6 Å². The van der Waals surface area contributed by atoms with Gasteiger partial charge in [-0.05, 0) is 37.0 Å². The molecule has 2 amide bonds. The lowest BCUT2D eigenvalue weighted by molar-refractivity contribution is -0.136. The van der Waals surface area contributed by atoms with E-state index in [1.807, 2.05) is 29.4 Å². The minimum Gasteiger partial charge on any atom is -0.341 e. The number of rotatable bonds is 6. The first-order chi connectivity index (χ1) is 9.72. The van der Waals surface area contributed by atoms with Gasteiger partial charge in [-0.15, -0.1) is 0 Å². The van der Waals surface area contributed by atoms with E-state index < -0.39 is 6.04 Å². The third-order valence-electron chi connectivity index (χ3n) is 3.42. The van der Waals surface area contributed by atoms with Crippen molar-refractivity contribution in [3.63, 3.8) is 0 Å². The molecule has 1 unspecified atom stereocenters. The Balaban J connectivity index is 1.99. The summed E-state index contributed by atoms with van der Waals surface area (Å²) in [6.07, 6.45) is 3.74. The van der Waals surface area contributed by atoms with Gasteiger partial charge in [0.2, 0.25) is 5.91 Å². The lowest BCUT2D eigenvalue weighted by Crippen LogP contribution is -2.53. The number of carbonyl (C=O) groups excluding carboxylic acids is 2. The van der Waals surface area contributed by atoms with Gasteiger partial charge in [0, 0.05) is 18.7 Å². The van der Waals surface area contributed by atoms with Crippen LogP contribution in [0.2, 0.25) is 0 Å². The van der Waals surface area contributed by atoms with Crippen LogP contribution in [0.4, 0.5) is 0 Å². The number of thioether (sulfide) groups is 1. The smallest absolute Gasteiger partial charge is 0.251 e. The molecule has 0 spiro atoms. The summed E-state index contributed by atoms with van der Waals surface area (Å²) in [5.74, 6) is 0.736. The molecule has 2 rings (SSSR count). The minimum atomic E-state index is -0.407. The predicted octanol–water partition coefficient (Wildman–Crippen LogP) is 1.77. The third-order valence-corrected chi connectivity index (χ3v) is 4.06. The Kier molecular flexibility index (Phi) is 5.47. The van der Waals surface area contributed by atoms with E-state index in [-0.39, 0.29) is 11.8 Å². The molecule has 0 bridgehead atoms. The quantitative estimate of drug-likeness (QED) is 0.869. The number of benzene rings is 1. The second kappa shape index (κ2) is 7.33. The van der Waals surface area contributed by atoms with Gasteiger partial charge in [-0.2, -0.15) is 11.8 Å². The second-order valence-corrected chi connectivity index (χ2v) is 5.84. The fraction of sp³-hybridized carbons (Fsp3) is 0.467. The van der Waals surface area contributed by atoms with Crippen molar-refractivity contribution in [2.45, 2.75) is 18.9 Å². The number of amides is 2. The highest BCUT2D eigenvalue weighted by Gasteiger charge is 2.28. The number of nitrogens with one attached hydrogen (secondary N) is 1. The van der Waals surface area contributed by atoms with Crippen molar-refractivity contribution in [3.05, 3.63) is 35.9 Å². The van der Waals surface area contributed by atoms with Crippen molar-refractivity contribution < 1.29 is 9.59 Å². The maximum Gasteiger partial charge on any atom is 0.251 e. The Bertz CT molecular complexity index is 460. The number of carbonyl (C=O) groups is 2. The Morgan fingerprint density at radius 1 is 1.30 bits per heavy atom. The fourth-order valence-corrected chi connectivity index (χ4v) is 2.55. The molecule has 20 heavy (non-hydrogen) atoms. The van der Waals surface area contributed by atoms with Gasteiger partial charge in [0.1, 0.15) is 6.04 Å². The van der Waals surface area contributed by atoms with Crippen LogP contribution in [0, 0.1) is 0 Å². The third kappa shape index (κ3) is 3.76. The van der Waals surface area contributed by atoms with Crippen LogP contribution >= 0.6 is 11.8 Å². The molecule has 1 aromatic carbocycles. The average Bonchev–Trinajstić information content (AvgIpc) is 2.42. The van der Waals surface area contributed by atoms with Gasteiger partial charge in [-0.3, -0.25) is 9.59 Å². The molecule has 1 saturated heterocycles. The predicted molar refractivity (Wildman–Crippen MR) is 81.9 cm³/mol. The normalized spacial score (nSPS) is 15.3. The standard InChI is InChI=1S/C15H20N2O2S/c1-20-11-8-13(15(19)17-9-5-10-17)16-14(18)12-6-3-2-4-7-12/h2-4,6-7,13H,5,8-11H2,1H3,(H,16,18). The molecule has 0 aliphatic carbocycles. The molecule has 4 nitrogen and oxygen atoms in total. The molecule has 1 N–H and O–H groups in total. The molecule has 0 radical (unpaired) electrons. The van der Waals surface area contributed by atoms with Gasteiger partial charge in [-0.1, -0.05) is 18.2 Å². The summed E-state index contributed by atoms with van der Waals surface area (Å²) in [4.78, 5) is 26.3. The first-order valence-corrected chi connectivity index (χ1v) is 8.25. The van der Waals surface area contributed by atoms with E-state index in [4.69, 9.17) is 0 Å². The zero-order valence-corrected chi connectivity index (χ0v) is 12.5. The summed E-state index contributed by atoms with van der Waals surface area (Å²) >= 11 is 1.69. The molecule has 5 heteroatoms. The highest BCUT2D eigenvalue weighted by molar-refractivity contribution is 7.98. The summed E-state index contributed by atoms with van der Waals surface area (Å²) in [7, 11) is 0. The van der Waals surface area contributed by atoms with Crippen molar-refractivity contribution in [2.24, 2.45) is 0 Å². The van der Waals surface area contributed by atoms with E-state index in [1.54, 1.807) is 23.9 Å². The molecule has 108 valence electrons. The van der Waals surface area contributed by atoms with E-state index >= 15 is 0 Å². The lowest BCUT2D eigenvalue weighted by Gasteiger charge is -2.34. The number of hydrogen-bond donors (Lipinski definition) is 1. The molecule has 0 aromatic heterocycles. The SMILES string of the molecule is CSCCC(NC(=O)c1ccccc1)C(=O)N1CCC1. The van der Waals surface area contributed by atoms with Crippen molar-refractivity contribution in [1.29, 1.82) is 0 Å². The first kappa shape index (κ1) is 14.9. The van der Waals surface area contributed by atoms with Crippen LogP contribution in [0.25, 0.3) is 0 Å². The van der Waals surface area contributed by atoms with Gasteiger partial charge >= 0.3 is 0 Å². The van der Waals surface area contributed by atoms with Crippen molar-refractivity contribution in [1.82, 2.24) is 10.2 Å². The summed E-state index contributed by atoms with van der Waals surface area (Å²) < 4.78 is 0. The topological polar surface area (TPSA) is 49.4 Å². The van der Waals surface area contributed by atoms with E-state index in [0.29, 0.717) is 12.0 Å². The van der Waals surface area contributed by atoms with Gasteiger partial charge in [0.05, 0.1) is 0 Å². The Morgan fingerprint density at radius 3 is 2.55 bits per heavy atom. The monoisotopic (exact) mass is 292 g/mol. The van der Waals surface area contributed by atoms with Gasteiger partial charge in [0.15, 0.2) is 0 Å². The maximum atomic E-state index is 12.3. The van der Waals surface area contributed by atoms with Crippen molar-refractivity contribution in [2.75, 3.05) is 25.1 Å². The minimum absolute atomic E-state index is 0.0505. The van der Waals surface area contributed by atoms with Crippen LogP contribution in [0.15, 0.2) is 30.3 Å². The Morgan fingerprint density at radius 2 is 2.00 bits per heavy atom. The number of hydrogen-bond acceptors (Lipinski definition) is 3. The van der Waals surface area contributed by atoms with Crippen LogP contribution in [-0.4, -0.2) is 47.9 Å². The molecule has 0 saturated carbocycles. The summed E-state index contributed by atoms with van der Waals surface area (Å²) in [6.45, 7) is 1.63. The molecule has 1 aliphatic heterocycles. The number of nitrogens with zero attached hydrogens (tertiary/aromatic N) is 1. The largest absolute Gasteiger partial charge is 0.341 e. The zero-order chi connectivity index (χ0) is 14.4. The van der Waals surface area contributed by atoms with Crippen LogP contribution in [-0.2, 0) is 4.79 Å². The second-order valence-electron chi connectivity index (χ2n) is 4.85. The molecule has 1 heterocycles. The van der Waals surface area contributed by atoms with Gasteiger partial charge in [0.25, 0.3) is 5.91 Å². The molecule has 1 atom stereocenters. The molecular weight excluding hydrogens is 272 g/mol. The summed E-state index contributed by atoms with van der Waals surface area (Å²) in [5.41, 5.74) is 0.595. The summed E-state index contributed by atoms with van der Waals surface area (Å²) in [6, 6.07) is 8.62. The molecular formula is C15H20N2O2S. The van der Waals surface area contributed by atoms with Crippen LogP contribution in [0.5, 0.6) is 0 Å². The van der Waals surface area contributed by atoms with Crippen LogP contribution in [0.1, 0.15) is 23.2 Å². The average molecular weight is 292 g/mol. The van der Waals surface area contributed by atoms with E-state index in [2.05, 4.69) is 5.32 Å². The highest BCUT2D eigenvalue weighted by Crippen LogP contribution is 2.12. The highest BCUT2D eigenvalue weighted by atomic mass is 32.2. The van der Waals surface area contributed by atoms with E-state index in [1.165, 1.54) is 0 Å². The number of likely N-dealkylation sites (tertiary alicyclic amines) is 1. The van der Waals surface area contributed by atoms with E-state index in [9.17, 15) is 9.59 Å². The zero-order valence-electron chi connectivity index (χ0n) is 11.7. The maximum absolute atomic E-state index is 12.3.